The molecule has 20 heavy (non-hydrogen) atoms. The molecule has 0 saturated carbocycles. The predicted octanol–water partition coefficient (Wildman–Crippen LogP) is 3.90. The van der Waals surface area contributed by atoms with Crippen LogP contribution in [0.4, 0.5) is 5.69 Å². The Morgan fingerprint density at radius 3 is 2.40 bits per heavy atom. The van der Waals surface area contributed by atoms with Crippen LogP contribution in [-0.4, -0.2) is 8.42 Å². The van der Waals surface area contributed by atoms with Crippen molar-refractivity contribution in [3.8, 4) is 0 Å². The van der Waals surface area contributed by atoms with E-state index < -0.39 is 10.0 Å². The number of aryl methyl sites for hydroxylation is 2. The molecule has 2 aromatic rings. The fourth-order valence-electron chi connectivity index (χ4n) is 1.84. The molecule has 0 aliphatic heterocycles. The van der Waals surface area contributed by atoms with Crippen molar-refractivity contribution in [2.75, 3.05) is 4.72 Å². The summed E-state index contributed by atoms with van der Waals surface area (Å²) in [7, 11) is -3.47. The molecule has 0 amide bonds. The highest BCUT2D eigenvalue weighted by Crippen LogP contribution is 2.20. The maximum Gasteiger partial charge on any atom is 0.236 e. The third-order valence-electron chi connectivity index (χ3n) is 3.08. The van der Waals surface area contributed by atoms with E-state index in [4.69, 9.17) is 11.6 Å². The molecular formula is C15H16ClNO2S. The first-order chi connectivity index (χ1) is 9.37. The van der Waals surface area contributed by atoms with E-state index in [9.17, 15) is 8.42 Å². The van der Waals surface area contributed by atoms with Crippen LogP contribution in [-0.2, 0) is 15.8 Å². The van der Waals surface area contributed by atoms with E-state index in [1.165, 1.54) is 0 Å². The van der Waals surface area contributed by atoms with Gasteiger partial charge in [-0.15, -0.1) is 0 Å². The molecule has 0 aliphatic carbocycles. The lowest BCUT2D eigenvalue weighted by Gasteiger charge is -2.10. The fraction of sp³-hybridized carbons (Fsp3) is 0.200. The summed E-state index contributed by atoms with van der Waals surface area (Å²) in [6.07, 6.45) is 0. The van der Waals surface area contributed by atoms with Crippen LogP contribution in [0.5, 0.6) is 0 Å². The van der Waals surface area contributed by atoms with Gasteiger partial charge in [-0.05, 0) is 48.7 Å². The zero-order valence-corrected chi connectivity index (χ0v) is 12.9. The molecule has 106 valence electrons. The van der Waals surface area contributed by atoms with Gasteiger partial charge in [-0.25, -0.2) is 8.42 Å². The maximum absolute atomic E-state index is 12.1. The third kappa shape index (κ3) is 3.74. The minimum Gasteiger partial charge on any atom is -0.283 e. The van der Waals surface area contributed by atoms with E-state index in [2.05, 4.69) is 4.72 Å². The third-order valence-corrected chi connectivity index (χ3v) is 4.69. The van der Waals surface area contributed by atoms with Gasteiger partial charge in [0.05, 0.1) is 5.75 Å². The van der Waals surface area contributed by atoms with Crippen molar-refractivity contribution in [2.24, 2.45) is 0 Å². The second-order valence-corrected chi connectivity index (χ2v) is 6.88. The Labute approximate surface area is 124 Å². The van der Waals surface area contributed by atoms with E-state index in [0.29, 0.717) is 16.3 Å². The smallest absolute Gasteiger partial charge is 0.236 e. The van der Waals surface area contributed by atoms with Gasteiger partial charge in [0.25, 0.3) is 0 Å². The van der Waals surface area contributed by atoms with Crippen molar-refractivity contribution in [3.63, 3.8) is 0 Å². The SMILES string of the molecule is Cc1ccc(NS(=O)(=O)Cc2ccccc2Cl)cc1C. The van der Waals surface area contributed by atoms with E-state index in [1.807, 2.05) is 26.0 Å². The normalized spacial score (nSPS) is 11.3. The zero-order valence-electron chi connectivity index (χ0n) is 11.4. The van der Waals surface area contributed by atoms with Gasteiger partial charge < -0.3 is 0 Å². The summed E-state index contributed by atoms with van der Waals surface area (Å²) in [6.45, 7) is 3.93. The topological polar surface area (TPSA) is 46.2 Å². The average molecular weight is 310 g/mol. The molecule has 0 atom stereocenters. The molecule has 0 aliphatic rings. The standard InChI is InChI=1S/C15H16ClNO2S/c1-11-7-8-14(9-12(11)2)17-20(18,19)10-13-5-3-4-6-15(13)16/h3-9,17H,10H2,1-2H3. The molecule has 0 bridgehead atoms. The van der Waals surface area contributed by atoms with E-state index in [-0.39, 0.29) is 5.75 Å². The fourth-order valence-corrected chi connectivity index (χ4v) is 3.34. The summed E-state index contributed by atoms with van der Waals surface area (Å²) in [4.78, 5) is 0. The second kappa shape index (κ2) is 5.85. The van der Waals surface area contributed by atoms with Gasteiger partial charge in [-0.2, -0.15) is 0 Å². The van der Waals surface area contributed by atoms with Crippen molar-refractivity contribution in [1.29, 1.82) is 0 Å². The molecular weight excluding hydrogens is 294 g/mol. The first-order valence-corrected chi connectivity index (χ1v) is 8.21. The average Bonchev–Trinajstić information content (AvgIpc) is 2.36. The molecule has 0 heterocycles. The Hall–Kier alpha value is -1.52. The highest BCUT2D eigenvalue weighted by molar-refractivity contribution is 7.91. The summed E-state index contributed by atoms with van der Waals surface area (Å²) in [5.41, 5.74) is 3.33. The molecule has 0 spiro atoms. The lowest BCUT2D eigenvalue weighted by molar-refractivity contribution is 0.600. The number of rotatable bonds is 4. The molecule has 2 aromatic carbocycles. The Kier molecular flexibility index (Phi) is 4.35. The summed E-state index contributed by atoms with van der Waals surface area (Å²) < 4.78 is 26.9. The van der Waals surface area contributed by atoms with Crippen LogP contribution >= 0.6 is 11.6 Å². The van der Waals surface area contributed by atoms with Gasteiger partial charge in [-0.3, -0.25) is 4.72 Å². The summed E-state index contributed by atoms with van der Waals surface area (Å²) >= 11 is 5.99. The Morgan fingerprint density at radius 2 is 1.75 bits per heavy atom. The van der Waals surface area contributed by atoms with Gasteiger partial charge in [0.15, 0.2) is 0 Å². The number of anilines is 1. The highest BCUT2D eigenvalue weighted by Gasteiger charge is 2.14. The van der Waals surface area contributed by atoms with Crippen molar-refractivity contribution in [2.45, 2.75) is 19.6 Å². The van der Waals surface area contributed by atoms with E-state index in [1.54, 1.807) is 30.3 Å². The molecule has 0 aromatic heterocycles. The summed E-state index contributed by atoms with van der Waals surface area (Å²) in [6, 6.07) is 12.4. The van der Waals surface area contributed by atoms with Crippen LogP contribution in [0.15, 0.2) is 42.5 Å². The van der Waals surface area contributed by atoms with Gasteiger partial charge >= 0.3 is 0 Å². The molecule has 0 unspecified atom stereocenters. The Balaban J connectivity index is 2.19. The molecule has 2 rings (SSSR count). The van der Waals surface area contributed by atoms with Gasteiger partial charge in [0, 0.05) is 10.7 Å². The molecule has 0 saturated heterocycles. The number of hydrogen-bond donors (Lipinski definition) is 1. The molecule has 0 radical (unpaired) electrons. The van der Waals surface area contributed by atoms with Crippen LogP contribution in [0.3, 0.4) is 0 Å². The van der Waals surface area contributed by atoms with Gasteiger partial charge in [0.1, 0.15) is 0 Å². The largest absolute Gasteiger partial charge is 0.283 e. The Bertz CT molecular complexity index is 726. The molecule has 1 N–H and O–H groups in total. The number of benzene rings is 2. The highest BCUT2D eigenvalue weighted by atomic mass is 35.5. The van der Waals surface area contributed by atoms with Crippen molar-refractivity contribution in [3.05, 3.63) is 64.2 Å². The van der Waals surface area contributed by atoms with Crippen LogP contribution in [0.2, 0.25) is 5.02 Å². The number of hydrogen-bond acceptors (Lipinski definition) is 2. The van der Waals surface area contributed by atoms with E-state index in [0.717, 1.165) is 11.1 Å². The molecule has 5 heteroatoms. The van der Waals surface area contributed by atoms with Crippen LogP contribution in [0.25, 0.3) is 0 Å². The van der Waals surface area contributed by atoms with Crippen LogP contribution in [0.1, 0.15) is 16.7 Å². The van der Waals surface area contributed by atoms with Crippen molar-refractivity contribution >= 4 is 27.3 Å². The first kappa shape index (κ1) is 14.9. The van der Waals surface area contributed by atoms with E-state index >= 15 is 0 Å². The Morgan fingerprint density at radius 1 is 1.05 bits per heavy atom. The maximum atomic E-state index is 12.1. The van der Waals surface area contributed by atoms with Gasteiger partial charge in [-0.1, -0.05) is 35.9 Å². The molecule has 3 nitrogen and oxygen atoms in total. The summed E-state index contributed by atoms with van der Waals surface area (Å²) in [5.74, 6) is -0.139. The quantitative estimate of drug-likeness (QED) is 0.931. The lowest BCUT2D eigenvalue weighted by Crippen LogP contribution is -2.15. The summed E-state index contributed by atoms with van der Waals surface area (Å²) in [5, 5.41) is 0.456. The minimum atomic E-state index is -3.47. The van der Waals surface area contributed by atoms with Crippen LogP contribution < -0.4 is 4.72 Å². The lowest BCUT2D eigenvalue weighted by atomic mass is 10.1. The van der Waals surface area contributed by atoms with Crippen LogP contribution in [0, 0.1) is 13.8 Å². The first-order valence-electron chi connectivity index (χ1n) is 6.18. The van der Waals surface area contributed by atoms with Crippen molar-refractivity contribution < 1.29 is 8.42 Å². The molecule has 0 fully saturated rings. The predicted molar refractivity (Wildman–Crippen MR) is 83.6 cm³/mol. The number of halogens is 1. The number of nitrogens with one attached hydrogen (secondary N) is 1. The van der Waals surface area contributed by atoms with Gasteiger partial charge in [0.2, 0.25) is 10.0 Å². The van der Waals surface area contributed by atoms with Crippen molar-refractivity contribution in [1.82, 2.24) is 0 Å². The number of sulfonamides is 1. The zero-order chi connectivity index (χ0) is 14.8. The monoisotopic (exact) mass is 309 g/mol. The second-order valence-electron chi connectivity index (χ2n) is 4.75. The minimum absolute atomic E-state index is 0.139.